The first kappa shape index (κ1) is 35.1. The number of carbonyl (C=O) groups is 3. The van der Waals surface area contributed by atoms with Crippen molar-refractivity contribution in [3.8, 4) is 17.0 Å². The number of thioether (sulfide) groups is 1. The number of ether oxygens (including phenoxy) is 1. The molecule has 1 unspecified atom stereocenters. The van der Waals surface area contributed by atoms with Crippen molar-refractivity contribution in [2.75, 3.05) is 17.2 Å². The number of nitrogens with one attached hydrogen (secondary N) is 3. The van der Waals surface area contributed by atoms with E-state index in [-0.39, 0.29) is 17.5 Å². The molecule has 5 rings (SSSR count). The Bertz CT molecular complexity index is 1900. The second kappa shape index (κ2) is 16.8. The monoisotopic (exact) mass is 690 g/mol. The molecule has 0 radical (unpaired) electrons. The van der Waals surface area contributed by atoms with Gasteiger partial charge in [-0.3, -0.25) is 14.4 Å². The van der Waals surface area contributed by atoms with Gasteiger partial charge in [0.15, 0.2) is 5.13 Å². The minimum absolute atomic E-state index is 0.114. The van der Waals surface area contributed by atoms with Crippen molar-refractivity contribution >= 4 is 57.7 Å². The van der Waals surface area contributed by atoms with Crippen molar-refractivity contribution in [3.05, 3.63) is 131 Å². The average Bonchev–Trinajstić information content (AvgIpc) is 3.58. The van der Waals surface area contributed by atoms with Gasteiger partial charge in [-0.25, -0.2) is 4.98 Å². The van der Waals surface area contributed by atoms with Crippen molar-refractivity contribution in [3.63, 3.8) is 0 Å². The van der Waals surface area contributed by atoms with Crippen LogP contribution in [0.3, 0.4) is 0 Å². The maximum absolute atomic E-state index is 13.5. The number of benzene rings is 4. The number of rotatable bonds is 13. The van der Waals surface area contributed by atoms with Gasteiger partial charge in [0, 0.05) is 27.1 Å². The van der Waals surface area contributed by atoms with Crippen LogP contribution in [0.25, 0.3) is 17.3 Å². The molecule has 0 spiro atoms. The van der Waals surface area contributed by atoms with Crippen LogP contribution in [-0.2, 0) is 9.59 Å². The standard InChI is InChI=1S/C39H38N4O4S2/c1-5-47-32-19-15-29(16-20-32)35-24-48-39(42-35)43-36(44)26(4)49-33-21-17-31(18-22-33)40-38(46)34(41-37(45)30-9-7-6-8-10-30)23-27-11-13-28(14-12-27)25(2)3/h6-26H,5H2,1-4H3,(H,40,46)(H,41,45)(H,42,43,44)/b34-23-. The van der Waals surface area contributed by atoms with E-state index in [9.17, 15) is 14.4 Å². The fourth-order valence-electron chi connectivity index (χ4n) is 4.72. The van der Waals surface area contributed by atoms with Gasteiger partial charge < -0.3 is 20.7 Å². The Balaban J connectivity index is 1.20. The summed E-state index contributed by atoms with van der Waals surface area (Å²) in [6.45, 7) is 8.61. The smallest absolute Gasteiger partial charge is 0.272 e. The first-order chi connectivity index (χ1) is 23.7. The lowest BCUT2D eigenvalue weighted by molar-refractivity contribution is -0.115. The highest BCUT2D eigenvalue weighted by Gasteiger charge is 2.18. The predicted molar refractivity (Wildman–Crippen MR) is 200 cm³/mol. The number of nitrogens with zero attached hydrogens (tertiary/aromatic N) is 1. The lowest BCUT2D eigenvalue weighted by Gasteiger charge is -2.13. The van der Waals surface area contributed by atoms with Gasteiger partial charge >= 0.3 is 0 Å². The zero-order valence-corrected chi connectivity index (χ0v) is 29.4. The molecule has 0 saturated heterocycles. The second-order valence-electron chi connectivity index (χ2n) is 11.4. The highest BCUT2D eigenvalue weighted by Crippen LogP contribution is 2.29. The molecule has 0 aliphatic heterocycles. The molecular weight excluding hydrogens is 653 g/mol. The molecule has 250 valence electrons. The van der Waals surface area contributed by atoms with E-state index in [0.29, 0.717) is 28.9 Å². The van der Waals surface area contributed by atoms with Gasteiger partial charge in [-0.15, -0.1) is 23.1 Å². The van der Waals surface area contributed by atoms with Crippen LogP contribution in [0.2, 0.25) is 0 Å². The van der Waals surface area contributed by atoms with E-state index in [1.54, 1.807) is 42.5 Å². The predicted octanol–water partition coefficient (Wildman–Crippen LogP) is 8.86. The Morgan fingerprint density at radius 2 is 1.55 bits per heavy atom. The van der Waals surface area contributed by atoms with Crippen LogP contribution in [0.15, 0.2) is 119 Å². The van der Waals surface area contributed by atoms with Gasteiger partial charge in [0.05, 0.1) is 17.6 Å². The van der Waals surface area contributed by atoms with Gasteiger partial charge in [-0.2, -0.15) is 0 Å². The van der Waals surface area contributed by atoms with Crippen LogP contribution < -0.4 is 20.7 Å². The Morgan fingerprint density at radius 1 is 0.857 bits per heavy atom. The van der Waals surface area contributed by atoms with Crippen LogP contribution in [0.4, 0.5) is 10.8 Å². The van der Waals surface area contributed by atoms with Crippen LogP contribution >= 0.6 is 23.1 Å². The van der Waals surface area contributed by atoms with Gasteiger partial charge in [0.25, 0.3) is 11.8 Å². The molecule has 0 aliphatic rings. The number of aromatic nitrogens is 1. The average molecular weight is 691 g/mol. The van der Waals surface area contributed by atoms with E-state index < -0.39 is 11.2 Å². The minimum atomic E-state index is -0.460. The summed E-state index contributed by atoms with van der Waals surface area (Å²) in [5, 5.41) is 10.6. The van der Waals surface area contributed by atoms with E-state index in [0.717, 1.165) is 27.5 Å². The lowest BCUT2D eigenvalue weighted by atomic mass is 10.0. The number of hydrogen-bond acceptors (Lipinski definition) is 7. The van der Waals surface area contributed by atoms with E-state index in [4.69, 9.17) is 4.74 Å². The largest absolute Gasteiger partial charge is 0.494 e. The number of amides is 3. The molecular formula is C39H38N4O4S2. The fourth-order valence-corrected chi connectivity index (χ4v) is 6.31. The molecule has 0 fully saturated rings. The first-order valence-corrected chi connectivity index (χ1v) is 17.7. The third-order valence-electron chi connectivity index (χ3n) is 7.43. The molecule has 0 saturated carbocycles. The van der Waals surface area contributed by atoms with Crippen molar-refractivity contribution < 1.29 is 19.1 Å². The number of thiazole rings is 1. The summed E-state index contributed by atoms with van der Waals surface area (Å²) in [6.07, 6.45) is 1.66. The molecule has 49 heavy (non-hydrogen) atoms. The molecule has 10 heteroatoms. The van der Waals surface area contributed by atoms with Crippen LogP contribution in [0.5, 0.6) is 5.75 Å². The maximum Gasteiger partial charge on any atom is 0.272 e. The van der Waals surface area contributed by atoms with E-state index in [2.05, 4.69) is 34.8 Å². The van der Waals surface area contributed by atoms with Gasteiger partial charge in [-0.1, -0.05) is 56.3 Å². The van der Waals surface area contributed by atoms with Crippen molar-refractivity contribution in [2.24, 2.45) is 0 Å². The Hall–Kier alpha value is -5.19. The molecule has 1 atom stereocenters. The van der Waals surface area contributed by atoms with E-state index in [1.807, 2.05) is 86.0 Å². The van der Waals surface area contributed by atoms with Crippen molar-refractivity contribution in [1.29, 1.82) is 0 Å². The summed E-state index contributed by atoms with van der Waals surface area (Å²) in [6, 6.07) is 31.5. The summed E-state index contributed by atoms with van der Waals surface area (Å²) < 4.78 is 5.51. The zero-order chi connectivity index (χ0) is 34.8. The molecule has 5 aromatic rings. The summed E-state index contributed by atoms with van der Waals surface area (Å²) >= 11 is 2.77. The first-order valence-electron chi connectivity index (χ1n) is 15.9. The molecule has 1 heterocycles. The summed E-state index contributed by atoms with van der Waals surface area (Å²) in [4.78, 5) is 44.9. The minimum Gasteiger partial charge on any atom is -0.494 e. The Morgan fingerprint density at radius 3 is 2.20 bits per heavy atom. The third-order valence-corrected chi connectivity index (χ3v) is 9.30. The van der Waals surface area contributed by atoms with Crippen LogP contribution in [-0.4, -0.2) is 34.6 Å². The summed E-state index contributed by atoms with van der Waals surface area (Å²) in [5.74, 6) is 0.163. The Labute approximate surface area is 295 Å². The highest BCUT2D eigenvalue weighted by atomic mass is 32.2. The van der Waals surface area contributed by atoms with Gasteiger partial charge in [0.2, 0.25) is 5.91 Å². The normalized spacial score (nSPS) is 11.9. The van der Waals surface area contributed by atoms with Crippen molar-refractivity contribution in [1.82, 2.24) is 10.3 Å². The zero-order valence-electron chi connectivity index (χ0n) is 27.7. The fraction of sp³-hybridized carbons (Fsp3) is 0.179. The molecule has 4 aromatic carbocycles. The maximum atomic E-state index is 13.5. The number of hydrogen-bond donors (Lipinski definition) is 3. The molecule has 8 nitrogen and oxygen atoms in total. The molecule has 0 aliphatic carbocycles. The molecule has 3 N–H and O–H groups in total. The van der Waals surface area contributed by atoms with Gasteiger partial charge in [-0.05, 0) is 97.6 Å². The van der Waals surface area contributed by atoms with E-state index >= 15 is 0 Å². The SMILES string of the molecule is CCOc1ccc(-c2csc(NC(=O)C(C)Sc3ccc(NC(=O)/C(=C/c4ccc(C(C)C)cc4)NC(=O)c4ccccc4)cc3)n2)cc1. The quantitative estimate of drug-likeness (QED) is 0.0842. The molecule has 3 amide bonds. The summed E-state index contributed by atoms with van der Waals surface area (Å²) in [5.41, 5.74) is 4.79. The second-order valence-corrected chi connectivity index (χ2v) is 13.7. The van der Waals surface area contributed by atoms with Crippen LogP contribution in [0.1, 0.15) is 55.1 Å². The topological polar surface area (TPSA) is 109 Å². The van der Waals surface area contributed by atoms with E-state index in [1.165, 1.54) is 28.7 Å². The van der Waals surface area contributed by atoms with Crippen LogP contribution in [0, 0.1) is 0 Å². The molecule has 0 bridgehead atoms. The third kappa shape index (κ3) is 9.91. The van der Waals surface area contributed by atoms with Gasteiger partial charge in [0.1, 0.15) is 11.4 Å². The summed E-state index contributed by atoms with van der Waals surface area (Å²) in [7, 11) is 0. The number of carbonyl (C=O) groups excluding carboxylic acids is 3. The highest BCUT2D eigenvalue weighted by molar-refractivity contribution is 8.00. The molecule has 1 aromatic heterocycles. The number of anilines is 2. The lowest BCUT2D eigenvalue weighted by Crippen LogP contribution is -2.30. The van der Waals surface area contributed by atoms with Crippen molar-refractivity contribution in [2.45, 2.75) is 43.8 Å². The Kier molecular flexibility index (Phi) is 12.0.